The van der Waals surface area contributed by atoms with Crippen LogP contribution in [0.2, 0.25) is 0 Å². The van der Waals surface area contributed by atoms with Gasteiger partial charge in [0.15, 0.2) is 0 Å². The highest BCUT2D eigenvalue weighted by Crippen LogP contribution is 2.23. The maximum Gasteiger partial charge on any atom is 0.237 e. The molecule has 5 heteroatoms. The lowest BCUT2D eigenvalue weighted by Crippen LogP contribution is -2.42. The van der Waals surface area contributed by atoms with Crippen LogP contribution in [0.25, 0.3) is 0 Å². The average Bonchev–Trinajstić information content (AvgIpc) is 2.54. The highest BCUT2D eigenvalue weighted by Gasteiger charge is 2.20. The van der Waals surface area contributed by atoms with Crippen LogP contribution in [0.5, 0.6) is 0 Å². The van der Waals surface area contributed by atoms with Crippen LogP contribution in [0.3, 0.4) is 0 Å². The summed E-state index contributed by atoms with van der Waals surface area (Å²) in [6.45, 7) is 1.95. The quantitative estimate of drug-likeness (QED) is 0.858. The van der Waals surface area contributed by atoms with Gasteiger partial charge in [-0.3, -0.25) is 4.79 Å². The Hall–Kier alpha value is -2.27. The number of nitrogens with two attached hydrogens (primary N) is 1. The molecule has 0 heterocycles. The summed E-state index contributed by atoms with van der Waals surface area (Å²) in [5, 5.41) is 2.86. The molecule has 0 spiro atoms. The second-order valence-corrected chi connectivity index (χ2v) is 5.44. The smallest absolute Gasteiger partial charge is 0.237 e. The van der Waals surface area contributed by atoms with Crippen molar-refractivity contribution < 1.29 is 13.6 Å². The van der Waals surface area contributed by atoms with E-state index in [0.717, 1.165) is 6.42 Å². The normalized spacial score (nSPS) is 12.2. The van der Waals surface area contributed by atoms with Crippen molar-refractivity contribution in [3.63, 3.8) is 0 Å². The molecule has 2 rings (SSSR count). The van der Waals surface area contributed by atoms with E-state index >= 15 is 0 Å². The van der Waals surface area contributed by atoms with Crippen LogP contribution in [-0.2, 0) is 4.79 Å². The van der Waals surface area contributed by atoms with Gasteiger partial charge in [0.05, 0.1) is 12.1 Å². The zero-order valence-electron chi connectivity index (χ0n) is 12.9. The summed E-state index contributed by atoms with van der Waals surface area (Å²) >= 11 is 0. The second kappa shape index (κ2) is 7.83. The van der Waals surface area contributed by atoms with E-state index in [9.17, 15) is 13.6 Å². The second-order valence-electron chi connectivity index (χ2n) is 5.44. The molecule has 3 N–H and O–H groups in total. The molecule has 23 heavy (non-hydrogen) atoms. The van der Waals surface area contributed by atoms with Crippen molar-refractivity contribution in [2.75, 3.05) is 0 Å². The highest BCUT2D eigenvalue weighted by atomic mass is 19.1. The van der Waals surface area contributed by atoms with Crippen LogP contribution in [0.15, 0.2) is 48.5 Å². The average molecular weight is 318 g/mol. The molecule has 122 valence electrons. The first-order valence-corrected chi connectivity index (χ1v) is 7.58. The van der Waals surface area contributed by atoms with E-state index in [0.29, 0.717) is 17.5 Å². The summed E-state index contributed by atoms with van der Waals surface area (Å²) in [7, 11) is 0. The van der Waals surface area contributed by atoms with E-state index in [4.69, 9.17) is 5.73 Å². The minimum atomic E-state index is -0.608. The third-order valence-electron chi connectivity index (χ3n) is 3.63. The third kappa shape index (κ3) is 4.60. The Labute approximate surface area is 134 Å². The van der Waals surface area contributed by atoms with Crippen molar-refractivity contribution in [3.05, 3.63) is 71.3 Å². The van der Waals surface area contributed by atoms with Crippen LogP contribution in [-0.4, -0.2) is 11.9 Å². The van der Waals surface area contributed by atoms with E-state index in [2.05, 4.69) is 5.32 Å². The summed E-state index contributed by atoms with van der Waals surface area (Å²) in [5.74, 6) is -1.01. The first-order chi connectivity index (χ1) is 11.0. The number of benzene rings is 2. The lowest BCUT2D eigenvalue weighted by atomic mass is 9.98. The lowest BCUT2D eigenvalue weighted by molar-refractivity contribution is -0.123. The van der Waals surface area contributed by atoms with Crippen LogP contribution in [0, 0.1) is 11.6 Å². The van der Waals surface area contributed by atoms with Crippen molar-refractivity contribution in [2.24, 2.45) is 5.73 Å². The molecule has 0 aliphatic heterocycles. The van der Waals surface area contributed by atoms with Gasteiger partial charge < -0.3 is 11.1 Å². The van der Waals surface area contributed by atoms with Crippen molar-refractivity contribution in [1.29, 1.82) is 0 Å². The van der Waals surface area contributed by atoms with Crippen LogP contribution < -0.4 is 11.1 Å². The first-order valence-electron chi connectivity index (χ1n) is 7.58. The number of nitrogens with one attached hydrogen (secondary N) is 1. The Kier molecular flexibility index (Phi) is 5.82. The molecule has 0 saturated heterocycles. The fourth-order valence-corrected chi connectivity index (χ4v) is 2.36. The molecule has 1 unspecified atom stereocenters. The van der Waals surface area contributed by atoms with Gasteiger partial charge in [0.25, 0.3) is 0 Å². The Morgan fingerprint density at radius 1 is 1.00 bits per heavy atom. The molecule has 0 fully saturated rings. The lowest BCUT2D eigenvalue weighted by Gasteiger charge is -2.22. The SMILES string of the molecule is CCCC(N)C(=O)NC(c1ccc(F)cc1)c1ccc(F)cc1. The van der Waals surface area contributed by atoms with Gasteiger partial charge >= 0.3 is 0 Å². The van der Waals surface area contributed by atoms with E-state index in [-0.39, 0.29) is 17.5 Å². The molecule has 0 aliphatic rings. The maximum absolute atomic E-state index is 13.1. The molecule has 3 nitrogen and oxygen atoms in total. The summed E-state index contributed by atoms with van der Waals surface area (Å²) in [5.41, 5.74) is 7.26. The predicted octanol–water partition coefficient (Wildman–Crippen LogP) is 3.30. The van der Waals surface area contributed by atoms with Gasteiger partial charge in [0.1, 0.15) is 11.6 Å². The molecule has 0 radical (unpaired) electrons. The Morgan fingerprint density at radius 3 is 1.83 bits per heavy atom. The van der Waals surface area contributed by atoms with Crippen molar-refractivity contribution in [3.8, 4) is 0 Å². The Bertz CT molecular complexity index is 596. The fourth-order valence-electron chi connectivity index (χ4n) is 2.36. The number of hydrogen-bond donors (Lipinski definition) is 2. The van der Waals surface area contributed by atoms with Gasteiger partial charge in [-0.05, 0) is 41.8 Å². The molecule has 1 atom stereocenters. The van der Waals surface area contributed by atoms with Gasteiger partial charge in [-0.1, -0.05) is 37.6 Å². The standard InChI is InChI=1S/C18H20F2N2O/c1-2-3-16(21)18(23)22-17(12-4-8-14(19)9-5-12)13-6-10-15(20)11-7-13/h4-11,16-17H,2-3,21H2,1H3,(H,22,23). The zero-order chi connectivity index (χ0) is 16.8. The monoisotopic (exact) mass is 318 g/mol. The van der Waals surface area contributed by atoms with Gasteiger partial charge in [0, 0.05) is 0 Å². The summed E-state index contributed by atoms with van der Waals surface area (Å²) < 4.78 is 26.3. The number of hydrogen-bond acceptors (Lipinski definition) is 2. The van der Waals surface area contributed by atoms with Gasteiger partial charge in [0.2, 0.25) is 5.91 Å². The van der Waals surface area contributed by atoms with E-state index in [1.165, 1.54) is 24.3 Å². The summed E-state index contributed by atoms with van der Waals surface area (Å²) in [6, 6.07) is 10.5. The number of carbonyl (C=O) groups excluding carboxylic acids is 1. The summed E-state index contributed by atoms with van der Waals surface area (Å²) in [4.78, 5) is 12.2. The van der Waals surface area contributed by atoms with Crippen molar-refractivity contribution in [1.82, 2.24) is 5.32 Å². The molecule has 1 amide bonds. The minimum absolute atomic E-state index is 0.287. The third-order valence-corrected chi connectivity index (χ3v) is 3.63. The molecule has 2 aromatic carbocycles. The highest BCUT2D eigenvalue weighted by molar-refractivity contribution is 5.82. The molecule has 2 aromatic rings. The Balaban J connectivity index is 2.29. The number of carbonyl (C=O) groups is 1. The van der Waals surface area contributed by atoms with Crippen molar-refractivity contribution in [2.45, 2.75) is 31.8 Å². The number of rotatable bonds is 6. The molecule has 0 aliphatic carbocycles. The Morgan fingerprint density at radius 2 is 1.43 bits per heavy atom. The van der Waals surface area contributed by atoms with Gasteiger partial charge in [-0.15, -0.1) is 0 Å². The van der Waals surface area contributed by atoms with Crippen LogP contribution in [0.4, 0.5) is 8.78 Å². The maximum atomic E-state index is 13.1. The number of amides is 1. The molecule has 0 bridgehead atoms. The van der Waals surface area contributed by atoms with Crippen LogP contribution >= 0.6 is 0 Å². The molecule has 0 saturated carbocycles. The fraction of sp³-hybridized carbons (Fsp3) is 0.278. The van der Waals surface area contributed by atoms with Gasteiger partial charge in [-0.2, -0.15) is 0 Å². The van der Waals surface area contributed by atoms with Gasteiger partial charge in [-0.25, -0.2) is 8.78 Å². The number of halogens is 2. The molecule has 0 aromatic heterocycles. The first kappa shape index (κ1) is 17.1. The predicted molar refractivity (Wildman–Crippen MR) is 85.7 cm³/mol. The largest absolute Gasteiger partial charge is 0.344 e. The summed E-state index contributed by atoms with van der Waals surface area (Å²) in [6.07, 6.45) is 1.37. The zero-order valence-corrected chi connectivity index (χ0v) is 12.9. The van der Waals surface area contributed by atoms with E-state index in [1.807, 2.05) is 6.92 Å². The van der Waals surface area contributed by atoms with Crippen molar-refractivity contribution >= 4 is 5.91 Å². The van der Waals surface area contributed by atoms with E-state index < -0.39 is 12.1 Å². The molecular weight excluding hydrogens is 298 g/mol. The molecular formula is C18H20F2N2O. The topological polar surface area (TPSA) is 55.1 Å². The minimum Gasteiger partial charge on any atom is -0.344 e. The van der Waals surface area contributed by atoms with Crippen LogP contribution in [0.1, 0.15) is 36.9 Å². The van der Waals surface area contributed by atoms with E-state index in [1.54, 1.807) is 24.3 Å².